The van der Waals surface area contributed by atoms with E-state index in [1.807, 2.05) is 19.0 Å². The van der Waals surface area contributed by atoms with E-state index in [2.05, 4.69) is 11.8 Å². The van der Waals surface area contributed by atoms with Crippen molar-refractivity contribution in [2.45, 2.75) is 30.7 Å². The molecule has 1 atom stereocenters. The highest BCUT2D eigenvalue weighted by atomic mass is 35.5. The first-order chi connectivity index (χ1) is 11.3. The molecule has 1 aromatic rings. The number of sulfonamides is 1. The quantitative estimate of drug-likeness (QED) is 0.701. The zero-order valence-electron chi connectivity index (χ0n) is 14.8. The van der Waals surface area contributed by atoms with Gasteiger partial charge in [-0.25, -0.2) is 8.42 Å². The maximum Gasteiger partial charge on any atom is 0.243 e. The molecule has 0 aliphatic carbocycles. The van der Waals surface area contributed by atoms with Crippen LogP contribution in [0.3, 0.4) is 0 Å². The Labute approximate surface area is 151 Å². The lowest BCUT2D eigenvalue weighted by atomic mass is 10.2. The van der Waals surface area contributed by atoms with Gasteiger partial charge in [0, 0.05) is 30.7 Å². The maximum atomic E-state index is 13.1. The summed E-state index contributed by atoms with van der Waals surface area (Å²) in [6, 6.07) is 6.83. The summed E-state index contributed by atoms with van der Waals surface area (Å²) in [5.74, 6) is 0. The fourth-order valence-electron chi connectivity index (χ4n) is 3.15. The molecule has 1 saturated heterocycles. The van der Waals surface area contributed by atoms with Crippen LogP contribution < -0.4 is 0 Å². The number of benzene rings is 1. The minimum absolute atomic E-state index is 0.273. The molecule has 0 bridgehead atoms. The largest absolute Gasteiger partial charge is 0.308 e. The molecule has 0 amide bonds. The molecular weight excluding hydrogens is 346 g/mol. The Morgan fingerprint density at radius 3 is 2.67 bits per heavy atom. The summed E-state index contributed by atoms with van der Waals surface area (Å²) in [5, 5.41) is 0.444. The van der Waals surface area contributed by atoms with Gasteiger partial charge in [0.15, 0.2) is 0 Å². The molecule has 0 saturated carbocycles. The minimum atomic E-state index is -3.54. The number of likely N-dealkylation sites (N-methyl/N-ethyl adjacent to an activating group) is 2. The second-order valence-corrected chi connectivity index (χ2v) is 8.92. The van der Waals surface area contributed by atoms with E-state index in [-0.39, 0.29) is 4.90 Å². The number of likely N-dealkylation sites (tertiary alicyclic amines) is 1. The van der Waals surface area contributed by atoms with E-state index >= 15 is 0 Å². The van der Waals surface area contributed by atoms with Crippen molar-refractivity contribution in [3.8, 4) is 0 Å². The van der Waals surface area contributed by atoms with Gasteiger partial charge < -0.3 is 4.90 Å². The molecule has 1 heterocycles. The number of rotatable bonds is 8. The fraction of sp³-hybridized carbons (Fsp3) is 0.647. The summed E-state index contributed by atoms with van der Waals surface area (Å²) in [6.07, 6.45) is 2.19. The molecule has 0 aromatic heterocycles. The Morgan fingerprint density at radius 1 is 1.29 bits per heavy atom. The van der Waals surface area contributed by atoms with Crippen LogP contribution in [0.4, 0.5) is 0 Å². The molecule has 136 valence electrons. The SMILES string of the molecule is CCN1CCCC1CN(CCN(C)C)S(=O)(=O)c1cccc(Cl)c1. The van der Waals surface area contributed by atoms with Crippen LogP contribution in [0.5, 0.6) is 0 Å². The van der Waals surface area contributed by atoms with Crippen LogP contribution in [-0.4, -0.2) is 75.4 Å². The zero-order valence-corrected chi connectivity index (χ0v) is 16.4. The van der Waals surface area contributed by atoms with Crippen LogP contribution >= 0.6 is 11.6 Å². The molecule has 1 fully saturated rings. The van der Waals surface area contributed by atoms with Crippen LogP contribution in [0.25, 0.3) is 0 Å². The van der Waals surface area contributed by atoms with Gasteiger partial charge in [-0.05, 0) is 58.2 Å². The number of hydrogen-bond acceptors (Lipinski definition) is 4. The monoisotopic (exact) mass is 373 g/mol. The van der Waals surface area contributed by atoms with Gasteiger partial charge in [0.05, 0.1) is 4.90 Å². The lowest BCUT2D eigenvalue weighted by Gasteiger charge is -2.30. The van der Waals surface area contributed by atoms with E-state index < -0.39 is 10.0 Å². The summed E-state index contributed by atoms with van der Waals surface area (Å²) in [5.41, 5.74) is 0. The Morgan fingerprint density at radius 2 is 2.04 bits per heavy atom. The predicted octanol–water partition coefficient (Wildman–Crippen LogP) is 2.38. The van der Waals surface area contributed by atoms with E-state index in [0.717, 1.165) is 25.9 Å². The highest BCUT2D eigenvalue weighted by Gasteiger charge is 2.31. The van der Waals surface area contributed by atoms with Crippen LogP contribution in [0.1, 0.15) is 19.8 Å². The summed E-state index contributed by atoms with van der Waals surface area (Å²) in [6.45, 7) is 5.86. The van der Waals surface area contributed by atoms with E-state index in [0.29, 0.717) is 30.7 Å². The first-order valence-corrected chi connectivity index (χ1v) is 10.3. The number of hydrogen-bond donors (Lipinski definition) is 0. The normalized spacial score (nSPS) is 19.5. The molecule has 0 spiro atoms. The fourth-order valence-corrected chi connectivity index (χ4v) is 4.92. The number of halogens is 1. The van der Waals surface area contributed by atoms with Crippen molar-refractivity contribution in [3.05, 3.63) is 29.3 Å². The minimum Gasteiger partial charge on any atom is -0.308 e. The second-order valence-electron chi connectivity index (χ2n) is 6.55. The third kappa shape index (κ3) is 4.92. The Balaban J connectivity index is 2.24. The van der Waals surface area contributed by atoms with Crippen molar-refractivity contribution >= 4 is 21.6 Å². The molecule has 2 rings (SSSR count). The first-order valence-electron chi connectivity index (χ1n) is 8.49. The summed E-state index contributed by atoms with van der Waals surface area (Å²) < 4.78 is 27.8. The topological polar surface area (TPSA) is 43.9 Å². The smallest absolute Gasteiger partial charge is 0.243 e. The molecule has 1 aliphatic heterocycles. The van der Waals surface area contributed by atoms with E-state index in [1.54, 1.807) is 22.5 Å². The lowest BCUT2D eigenvalue weighted by molar-refractivity contribution is 0.220. The molecule has 0 N–H and O–H groups in total. The zero-order chi connectivity index (χ0) is 17.7. The molecular formula is C17H28ClN3O2S. The van der Waals surface area contributed by atoms with Crippen molar-refractivity contribution in [2.75, 3.05) is 46.8 Å². The van der Waals surface area contributed by atoms with Gasteiger partial charge in [0.1, 0.15) is 0 Å². The standard InChI is InChI=1S/C17H28ClN3O2S/c1-4-20-10-6-8-16(20)14-21(12-11-19(2)3)24(22,23)17-9-5-7-15(18)13-17/h5,7,9,13,16H,4,6,8,10-12,14H2,1-3H3. The van der Waals surface area contributed by atoms with Gasteiger partial charge in [0.2, 0.25) is 10.0 Å². The third-order valence-electron chi connectivity index (χ3n) is 4.55. The average Bonchev–Trinajstić information content (AvgIpc) is 2.98. The van der Waals surface area contributed by atoms with Crippen molar-refractivity contribution < 1.29 is 8.42 Å². The van der Waals surface area contributed by atoms with Crippen molar-refractivity contribution in [3.63, 3.8) is 0 Å². The molecule has 24 heavy (non-hydrogen) atoms. The van der Waals surface area contributed by atoms with Crippen molar-refractivity contribution in [1.29, 1.82) is 0 Å². The van der Waals surface area contributed by atoms with Crippen molar-refractivity contribution in [1.82, 2.24) is 14.1 Å². The lowest BCUT2D eigenvalue weighted by Crippen LogP contribution is -2.45. The maximum absolute atomic E-state index is 13.1. The Hall–Kier alpha value is -0.660. The van der Waals surface area contributed by atoms with Crippen LogP contribution in [0, 0.1) is 0 Å². The summed E-state index contributed by atoms with van der Waals surface area (Å²) in [4.78, 5) is 4.65. The molecule has 5 nitrogen and oxygen atoms in total. The van der Waals surface area contributed by atoms with Gasteiger partial charge in [-0.2, -0.15) is 4.31 Å². The highest BCUT2D eigenvalue weighted by molar-refractivity contribution is 7.89. The van der Waals surface area contributed by atoms with Crippen LogP contribution in [-0.2, 0) is 10.0 Å². The predicted molar refractivity (Wildman–Crippen MR) is 99.0 cm³/mol. The van der Waals surface area contributed by atoms with Crippen LogP contribution in [0.15, 0.2) is 29.2 Å². The summed E-state index contributed by atoms with van der Waals surface area (Å²) in [7, 11) is 0.370. The molecule has 1 aliphatic rings. The third-order valence-corrected chi connectivity index (χ3v) is 6.65. The van der Waals surface area contributed by atoms with E-state index in [1.165, 1.54) is 6.07 Å². The Kier molecular flexibility index (Phi) is 7.07. The molecule has 0 radical (unpaired) electrons. The first kappa shape index (κ1) is 19.7. The highest BCUT2D eigenvalue weighted by Crippen LogP contribution is 2.23. The van der Waals surface area contributed by atoms with E-state index in [4.69, 9.17) is 11.6 Å². The van der Waals surface area contributed by atoms with Gasteiger partial charge in [0.25, 0.3) is 0 Å². The average molecular weight is 374 g/mol. The Bertz CT molecular complexity index is 636. The molecule has 1 unspecified atom stereocenters. The van der Waals surface area contributed by atoms with Crippen LogP contribution in [0.2, 0.25) is 5.02 Å². The number of nitrogens with zero attached hydrogens (tertiary/aromatic N) is 3. The molecule has 7 heteroatoms. The van der Waals surface area contributed by atoms with Gasteiger partial charge in [-0.1, -0.05) is 24.6 Å². The molecule has 1 aromatic carbocycles. The van der Waals surface area contributed by atoms with E-state index in [9.17, 15) is 8.42 Å². The van der Waals surface area contributed by atoms with Gasteiger partial charge in [-0.15, -0.1) is 0 Å². The van der Waals surface area contributed by atoms with Gasteiger partial charge in [-0.3, -0.25) is 4.90 Å². The van der Waals surface area contributed by atoms with Gasteiger partial charge >= 0.3 is 0 Å². The second kappa shape index (κ2) is 8.63. The van der Waals surface area contributed by atoms with Crippen molar-refractivity contribution in [2.24, 2.45) is 0 Å². The summed E-state index contributed by atoms with van der Waals surface area (Å²) >= 11 is 6.00.